The van der Waals surface area contributed by atoms with Crippen molar-refractivity contribution in [1.29, 1.82) is 0 Å². The quantitative estimate of drug-likeness (QED) is 0.573. The zero-order chi connectivity index (χ0) is 13.6. The lowest BCUT2D eigenvalue weighted by Crippen LogP contribution is -2.12. The number of fused-ring (bicyclic) bond motifs is 3. The summed E-state index contributed by atoms with van der Waals surface area (Å²) in [6, 6.07) is 9.82. The predicted octanol–water partition coefficient (Wildman–Crippen LogP) is 3.51. The standard InChI is InChI=1S/C14H7ClO4/c15-8-2-4-10-9-3-1-7(13(16)14(17)18)5-11(9)19-12(10)6-8/h1-6H,(H,17,18). The van der Waals surface area contributed by atoms with Crippen molar-refractivity contribution in [2.45, 2.75) is 0 Å². The van der Waals surface area contributed by atoms with Gasteiger partial charge in [0.05, 0.1) is 0 Å². The number of aliphatic carboxylic acids is 1. The summed E-state index contributed by atoms with van der Waals surface area (Å²) in [7, 11) is 0. The summed E-state index contributed by atoms with van der Waals surface area (Å²) >= 11 is 5.88. The van der Waals surface area contributed by atoms with Crippen LogP contribution in [0.1, 0.15) is 10.4 Å². The van der Waals surface area contributed by atoms with Gasteiger partial charge >= 0.3 is 5.97 Å². The van der Waals surface area contributed by atoms with Gasteiger partial charge in [-0.1, -0.05) is 11.6 Å². The van der Waals surface area contributed by atoms with Gasteiger partial charge in [0.2, 0.25) is 0 Å². The molecule has 0 aliphatic heterocycles. The first-order valence-corrected chi connectivity index (χ1v) is 5.83. The van der Waals surface area contributed by atoms with E-state index in [0.717, 1.165) is 10.8 Å². The zero-order valence-corrected chi connectivity index (χ0v) is 10.3. The zero-order valence-electron chi connectivity index (χ0n) is 9.51. The number of ketones is 1. The average Bonchev–Trinajstić information content (AvgIpc) is 2.73. The number of rotatable bonds is 2. The highest BCUT2D eigenvalue weighted by molar-refractivity contribution is 6.40. The third-order valence-electron chi connectivity index (χ3n) is 2.89. The molecule has 19 heavy (non-hydrogen) atoms. The third-order valence-corrected chi connectivity index (χ3v) is 3.13. The van der Waals surface area contributed by atoms with E-state index in [0.29, 0.717) is 16.2 Å². The summed E-state index contributed by atoms with van der Waals surface area (Å²) in [5.41, 5.74) is 1.15. The molecule has 0 saturated heterocycles. The molecule has 3 rings (SSSR count). The smallest absolute Gasteiger partial charge is 0.377 e. The normalized spacial score (nSPS) is 11.0. The van der Waals surface area contributed by atoms with E-state index < -0.39 is 11.8 Å². The van der Waals surface area contributed by atoms with Crippen LogP contribution < -0.4 is 0 Å². The molecule has 5 heteroatoms. The number of carboxylic acids is 1. The van der Waals surface area contributed by atoms with Crippen LogP contribution >= 0.6 is 11.6 Å². The van der Waals surface area contributed by atoms with Crippen LogP contribution in [0.2, 0.25) is 5.02 Å². The molecule has 0 bridgehead atoms. The van der Waals surface area contributed by atoms with Crippen LogP contribution in [-0.2, 0) is 4.79 Å². The summed E-state index contributed by atoms with van der Waals surface area (Å²) < 4.78 is 5.57. The monoisotopic (exact) mass is 274 g/mol. The second kappa shape index (κ2) is 4.10. The highest BCUT2D eigenvalue weighted by atomic mass is 35.5. The molecular formula is C14H7ClO4. The van der Waals surface area contributed by atoms with Crippen molar-refractivity contribution in [2.24, 2.45) is 0 Å². The Hall–Kier alpha value is -2.33. The molecule has 0 spiro atoms. The fourth-order valence-electron chi connectivity index (χ4n) is 2.02. The fraction of sp³-hybridized carbons (Fsp3) is 0. The second-order valence-corrected chi connectivity index (χ2v) is 4.52. The maximum Gasteiger partial charge on any atom is 0.377 e. The van der Waals surface area contributed by atoms with E-state index in [9.17, 15) is 9.59 Å². The topological polar surface area (TPSA) is 67.5 Å². The molecule has 1 N–H and O–H groups in total. The summed E-state index contributed by atoms with van der Waals surface area (Å²) in [5, 5.41) is 10.9. The van der Waals surface area contributed by atoms with Crippen molar-refractivity contribution in [3.8, 4) is 0 Å². The number of hydrogen-bond acceptors (Lipinski definition) is 3. The van der Waals surface area contributed by atoms with E-state index in [-0.39, 0.29) is 5.56 Å². The van der Waals surface area contributed by atoms with Crippen molar-refractivity contribution in [1.82, 2.24) is 0 Å². The number of Topliss-reactive ketones (excluding diaryl/α,β-unsaturated/α-hetero) is 1. The lowest BCUT2D eigenvalue weighted by Gasteiger charge is -1.95. The number of carbonyl (C=O) groups is 2. The Bertz CT molecular complexity index is 832. The highest BCUT2D eigenvalue weighted by Gasteiger charge is 2.16. The van der Waals surface area contributed by atoms with Crippen molar-refractivity contribution >= 4 is 45.3 Å². The van der Waals surface area contributed by atoms with Gasteiger partial charge in [-0.05, 0) is 30.3 Å². The minimum Gasteiger partial charge on any atom is -0.475 e. The Morgan fingerprint density at radius 3 is 2.32 bits per heavy atom. The Morgan fingerprint density at radius 2 is 1.63 bits per heavy atom. The number of carboxylic acid groups (broad SMARTS) is 1. The van der Waals surface area contributed by atoms with Gasteiger partial charge in [0.15, 0.2) is 0 Å². The highest BCUT2D eigenvalue weighted by Crippen LogP contribution is 2.31. The van der Waals surface area contributed by atoms with Crippen molar-refractivity contribution in [2.75, 3.05) is 0 Å². The van der Waals surface area contributed by atoms with Gasteiger partial charge < -0.3 is 9.52 Å². The number of benzene rings is 2. The van der Waals surface area contributed by atoms with E-state index >= 15 is 0 Å². The van der Waals surface area contributed by atoms with E-state index in [1.165, 1.54) is 12.1 Å². The van der Waals surface area contributed by atoms with Gasteiger partial charge in [-0.3, -0.25) is 4.79 Å². The van der Waals surface area contributed by atoms with Gasteiger partial charge in [-0.25, -0.2) is 4.79 Å². The summed E-state index contributed by atoms with van der Waals surface area (Å²) in [6.07, 6.45) is 0. The first-order valence-electron chi connectivity index (χ1n) is 5.46. The average molecular weight is 275 g/mol. The molecule has 0 saturated carbocycles. The molecule has 0 fully saturated rings. The summed E-state index contributed by atoms with van der Waals surface area (Å²) in [6.45, 7) is 0. The molecule has 94 valence electrons. The summed E-state index contributed by atoms with van der Waals surface area (Å²) in [4.78, 5) is 22.1. The first-order chi connectivity index (χ1) is 9.06. The molecule has 0 aliphatic rings. The number of carbonyl (C=O) groups excluding carboxylic acids is 1. The lowest BCUT2D eigenvalue weighted by atomic mass is 10.1. The van der Waals surface area contributed by atoms with Gasteiger partial charge in [0.1, 0.15) is 11.2 Å². The van der Waals surface area contributed by atoms with Gasteiger partial charge in [-0.2, -0.15) is 0 Å². The Balaban J connectivity index is 2.27. The van der Waals surface area contributed by atoms with E-state index in [2.05, 4.69) is 0 Å². The molecule has 1 aromatic heterocycles. The fourth-order valence-corrected chi connectivity index (χ4v) is 2.18. The van der Waals surface area contributed by atoms with Crippen molar-refractivity contribution in [3.05, 3.63) is 47.0 Å². The number of halogens is 1. The maximum atomic E-state index is 11.4. The second-order valence-electron chi connectivity index (χ2n) is 4.09. The molecule has 3 aromatic rings. The first kappa shape index (κ1) is 11.7. The number of furan rings is 1. The molecule has 0 aliphatic carbocycles. The van der Waals surface area contributed by atoms with Crippen LogP contribution in [0.15, 0.2) is 40.8 Å². The van der Waals surface area contributed by atoms with Crippen LogP contribution in [0.4, 0.5) is 0 Å². The molecule has 0 unspecified atom stereocenters. The minimum absolute atomic E-state index is 0.0881. The van der Waals surface area contributed by atoms with Gasteiger partial charge in [-0.15, -0.1) is 0 Å². The van der Waals surface area contributed by atoms with Crippen molar-refractivity contribution in [3.63, 3.8) is 0 Å². The molecule has 2 aromatic carbocycles. The van der Waals surface area contributed by atoms with Crippen LogP contribution in [0.25, 0.3) is 21.9 Å². The van der Waals surface area contributed by atoms with E-state index in [4.69, 9.17) is 21.1 Å². The van der Waals surface area contributed by atoms with E-state index in [1.54, 1.807) is 18.2 Å². The lowest BCUT2D eigenvalue weighted by molar-refractivity contribution is -0.131. The number of hydrogen-bond donors (Lipinski definition) is 1. The van der Waals surface area contributed by atoms with Crippen LogP contribution in [-0.4, -0.2) is 16.9 Å². The van der Waals surface area contributed by atoms with E-state index in [1.807, 2.05) is 6.07 Å². The molecule has 0 atom stereocenters. The van der Waals surface area contributed by atoms with Crippen LogP contribution in [0.3, 0.4) is 0 Å². The predicted molar refractivity (Wildman–Crippen MR) is 70.7 cm³/mol. The molecule has 0 amide bonds. The Morgan fingerprint density at radius 1 is 1.00 bits per heavy atom. The Kier molecular flexibility index (Phi) is 2.54. The molecular weight excluding hydrogens is 268 g/mol. The van der Waals surface area contributed by atoms with Crippen LogP contribution in [0, 0.1) is 0 Å². The van der Waals surface area contributed by atoms with Gasteiger partial charge in [0, 0.05) is 27.4 Å². The summed E-state index contributed by atoms with van der Waals surface area (Å²) in [5.74, 6) is -2.45. The third kappa shape index (κ3) is 1.86. The van der Waals surface area contributed by atoms with Crippen molar-refractivity contribution < 1.29 is 19.1 Å². The largest absolute Gasteiger partial charge is 0.475 e. The minimum atomic E-state index is -1.49. The Labute approximate surface area is 112 Å². The molecule has 4 nitrogen and oxygen atoms in total. The molecule has 0 radical (unpaired) electrons. The molecule has 1 heterocycles. The van der Waals surface area contributed by atoms with Crippen LogP contribution in [0.5, 0.6) is 0 Å². The SMILES string of the molecule is O=C(O)C(=O)c1ccc2c(c1)oc1cc(Cl)ccc12. The van der Waals surface area contributed by atoms with Gasteiger partial charge in [0.25, 0.3) is 5.78 Å². The maximum absolute atomic E-state index is 11.4.